The van der Waals surface area contributed by atoms with Crippen molar-refractivity contribution in [3.8, 4) is 11.5 Å². The summed E-state index contributed by atoms with van der Waals surface area (Å²) in [7, 11) is 1.42. The van der Waals surface area contributed by atoms with E-state index in [0.717, 1.165) is 6.20 Å². The molecule has 8 nitrogen and oxygen atoms in total. The molecule has 0 saturated heterocycles. The third-order valence-electron chi connectivity index (χ3n) is 2.55. The Morgan fingerprint density at radius 1 is 1.52 bits per heavy atom. The number of nitrogens with one attached hydrogen (secondary N) is 2. The molecule has 0 aliphatic heterocycles. The molecule has 2 aromatic rings. The van der Waals surface area contributed by atoms with E-state index in [2.05, 4.69) is 20.5 Å². The molecule has 0 radical (unpaired) electrons. The van der Waals surface area contributed by atoms with Gasteiger partial charge in [0, 0.05) is 6.20 Å². The van der Waals surface area contributed by atoms with Crippen molar-refractivity contribution in [3.63, 3.8) is 0 Å². The van der Waals surface area contributed by atoms with Crippen LogP contribution in [0.25, 0.3) is 0 Å². The Kier molecular flexibility index (Phi) is 4.30. The molecular weight excluding hydrogens is 276 g/mol. The molecule has 21 heavy (non-hydrogen) atoms. The third-order valence-corrected chi connectivity index (χ3v) is 2.55. The lowest BCUT2D eigenvalue weighted by atomic mass is 10.2. The van der Waals surface area contributed by atoms with Crippen molar-refractivity contribution in [2.75, 3.05) is 7.11 Å². The summed E-state index contributed by atoms with van der Waals surface area (Å²) < 4.78 is 4.95. The second-order valence-corrected chi connectivity index (χ2v) is 3.92. The second-order valence-electron chi connectivity index (χ2n) is 3.92. The number of ether oxygens (including phenoxy) is 1. The molecule has 108 valence electrons. The van der Waals surface area contributed by atoms with Gasteiger partial charge in [-0.15, -0.1) is 0 Å². The van der Waals surface area contributed by atoms with Crippen LogP contribution in [0.1, 0.15) is 15.9 Å². The molecule has 0 unspecified atom stereocenters. The predicted molar refractivity (Wildman–Crippen MR) is 74.6 cm³/mol. The van der Waals surface area contributed by atoms with Crippen LogP contribution < -0.4 is 15.7 Å². The number of nitrogens with zero attached hydrogens (tertiary/aromatic N) is 2. The van der Waals surface area contributed by atoms with E-state index >= 15 is 0 Å². The zero-order chi connectivity index (χ0) is 15.2. The lowest BCUT2D eigenvalue weighted by Gasteiger charge is -2.03. The zero-order valence-corrected chi connectivity index (χ0v) is 11.0. The number of hydrogen-bond donors (Lipinski definition) is 3. The minimum Gasteiger partial charge on any atom is -0.504 e. The SMILES string of the molecule is COc1cc(/C=N\NC(=O)c2cnc[nH]c2=O)ccc1O. The summed E-state index contributed by atoms with van der Waals surface area (Å²) >= 11 is 0. The number of phenols is 1. The number of aromatic hydroxyl groups is 1. The molecule has 0 fully saturated rings. The number of H-pyrrole nitrogens is 1. The first-order chi connectivity index (χ1) is 10.1. The van der Waals surface area contributed by atoms with E-state index in [1.807, 2.05) is 0 Å². The molecule has 1 aromatic carbocycles. The Morgan fingerprint density at radius 2 is 2.33 bits per heavy atom. The number of carbonyl (C=O) groups excluding carboxylic acids is 1. The van der Waals surface area contributed by atoms with Gasteiger partial charge in [-0.05, 0) is 23.8 Å². The monoisotopic (exact) mass is 288 g/mol. The summed E-state index contributed by atoms with van der Waals surface area (Å²) in [4.78, 5) is 29.0. The second kappa shape index (κ2) is 6.33. The highest BCUT2D eigenvalue weighted by atomic mass is 16.5. The average Bonchev–Trinajstić information content (AvgIpc) is 2.49. The van der Waals surface area contributed by atoms with Crippen LogP contribution in [-0.4, -0.2) is 34.3 Å². The van der Waals surface area contributed by atoms with Gasteiger partial charge in [0.2, 0.25) is 0 Å². The highest BCUT2D eigenvalue weighted by molar-refractivity contribution is 5.94. The van der Waals surface area contributed by atoms with Crippen LogP contribution in [0, 0.1) is 0 Å². The number of phenolic OH excluding ortho intramolecular Hbond substituents is 1. The quantitative estimate of drug-likeness (QED) is 0.550. The molecule has 2 rings (SSSR count). The highest BCUT2D eigenvalue weighted by Gasteiger charge is 2.08. The normalized spacial score (nSPS) is 10.5. The zero-order valence-electron chi connectivity index (χ0n) is 11.0. The van der Waals surface area contributed by atoms with E-state index in [9.17, 15) is 14.7 Å². The number of amides is 1. The molecule has 0 bridgehead atoms. The molecule has 0 aliphatic carbocycles. The van der Waals surface area contributed by atoms with Crippen molar-refractivity contribution < 1.29 is 14.6 Å². The van der Waals surface area contributed by atoms with Gasteiger partial charge in [-0.1, -0.05) is 0 Å². The maximum Gasteiger partial charge on any atom is 0.278 e. The van der Waals surface area contributed by atoms with Crippen LogP contribution in [0.15, 0.2) is 40.6 Å². The number of aromatic nitrogens is 2. The Labute approximate surface area is 119 Å². The van der Waals surface area contributed by atoms with Crippen molar-refractivity contribution in [2.24, 2.45) is 5.10 Å². The maximum absolute atomic E-state index is 11.7. The fraction of sp³-hybridized carbons (Fsp3) is 0.0769. The minimum absolute atomic E-state index is 0.000536. The van der Waals surface area contributed by atoms with E-state index in [-0.39, 0.29) is 17.1 Å². The van der Waals surface area contributed by atoms with E-state index in [4.69, 9.17) is 4.74 Å². The van der Waals surface area contributed by atoms with Crippen LogP contribution in [0.2, 0.25) is 0 Å². The Bertz CT molecular complexity index is 739. The first-order valence-corrected chi connectivity index (χ1v) is 5.85. The van der Waals surface area contributed by atoms with Gasteiger partial charge in [0.1, 0.15) is 5.56 Å². The molecule has 0 atom stereocenters. The lowest BCUT2D eigenvalue weighted by Crippen LogP contribution is -2.26. The smallest absolute Gasteiger partial charge is 0.278 e. The van der Waals surface area contributed by atoms with E-state index in [0.29, 0.717) is 5.56 Å². The number of hydrogen-bond acceptors (Lipinski definition) is 6. The molecule has 8 heteroatoms. The third kappa shape index (κ3) is 3.44. The van der Waals surface area contributed by atoms with Crippen molar-refractivity contribution in [2.45, 2.75) is 0 Å². The summed E-state index contributed by atoms with van der Waals surface area (Å²) in [5.74, 6) is -0.388. The summed E-state index contributed by atoms with van der Waals surface area (Å²) in [6.07, 6.45) is 3.68. The number of methoxy groups -OCH3 is 1. The van der Waals surface area contributed by atoms with Gasteiger partial charge in [-0.2, -0.15) is 5.10 Å². The molecule has 0 saturated carbocycles. The van der Waals surface area contributed by atoms with Crippen LogP contribution >= 0.6 is 0 Å². The van der Waals surface area contributed by atoms with Crippen LogP contribution in [0.5, 0.6) is 11.5 Å². The van der Waals surface area contributed by atoms with E-state index in [1.54, 1.807) is 12.1 Å². The Hall–Kier alpha value is -3.16. The van der Waals surface area contributed by atoms with Gasteiger partial charge in [0.25, 0.3) is 11.5 Å². The number of hydrazone groups is 1. The number of carbonyl (C=O) groups is 1. The fourth-order valence-corrected chi connectivity index (χ4v) is 1.51. The summed E-state index contributed by atoms with van der Waals surface area (Å²) in [5.41, 5.74) is 2.12. The fourth-order valence-electron chi connectivity index (χ4n) is 1.51. The van der Waals surface area contributed by atoms with Crippen molar-refractivity contribution >= 4 is 12.1 Å². The molecule has 0 aliphatic rings. The number of aromatic amines is 1. The molecule has 0 spiro atoms. The lowest BCUT2D eigenvalue weighted by molar-refractivity contribution is 0.0953. The van der Waals surface area contributed by atoms with Crippen LogP contribution in [0.4, 0.5) is 0 Å². The molecule has 1 amide bonds. The number of benzene rings is 1. The average molecular weight is 288 g/mol. The van der Waals surface area contributed by atoms with Gasteiger partial charge in [0.05, 0.1) is 19.7 Å². The van der Waals surface area contributed by atoms with Crippen molar-refractivity contribution in [3.05, 3.63) is 52.2 Å². The van der Waals surface area contributed by atoms with Gasteiger partial charge in [-0.25, -0.2) is 10.4 Å². The Balaban J connectivity index is 2.08. The maximum atomic E-state index is 11.7. The molecular formula is C13H12N4O4. The largest absolute Gasteiger partial charge is 0.504 e. The summed E-state index contributed by atoms with van der Waals surface area (Å²) in [5, 5.41) is 13.2. The standard InChI is InChI=1S/C13H12N4O4/c1-21-11-4-8(2-3-10(11)18)5-16-17-13(20)9-6-14-7-15-12(9)19/h2-7,18H,1H3,(H,17,20)(H,14,15,19)/b16-5-. The molecule has 1 aromatic heterocycles. The molecule has 1 heterocycles. The van der Waals surface area contributed by atoms with Crippen LogP contribution in [0.3, 0.4) is 0 Å². The Morgan fingerprint density at radius 3 is 3.05 bits per heavy atom. The molecule has 3 N–H and O–H groups in total. The summed E-state index contributed by atoms with van der Waals surface area (Å²) in [6.45, 7) is 0. The van der Waals surface area contributed by atoms with Gasteiger partial charge >= 0.3 is 0 Å². The predicted octanol–water partition coefficient (Wildman–Crippen LogP) is 0.248. The first-order valence-electron chi connectivity index (χ1n) is 5.85. The summed E-state index contributed by atoms with van der Waals surface area (Å²) in [6, 6.07) is 4.57. The number of rotatable bonds is 4. The van der Waals surface area contributed by atoms with Crippen molar-refractivity contribution in [1.29, 1.82) is 0 Å². The first kappa shape index (κ1) is 14.3. The van der Waals surface area contributed by atoms with Gasteiger partial charge < -0.3 is 14.8 Å². The van der Waals surface area contributed by atoms with Gasteiger partial charge in [-0.3, -0.25) is 9.59 Å². The highest BCUT2D eigenvalue weighted by Crippen LogP contribution is 2.25. The minimum atomic E-state index is -0.675. The van der Waals surface area contributed by atoms with Crippen molar-refractivity contribution in [1.82, 2.24) is 15.4 Å². The van der Waals surface area contributed by atoms with Gasteiger partial charge in [0.15, 0.2) is 11.5 Å². The van der Waals surface area contributed by atoms with Crippen LogP contribution in [-0.2, 0) is 0 Å². The topological polar surface area (TPSA) is 117 Å². The van der Waals surface area contributed by atoms with E-state index < -0.39 is 11.5 Å². The van der Waals surface area contributed by atoms with E-state index in [1.165, 1.54) is 25.7 Å².